The number of nitrogens with zero attached hydrogens (tertiary/aromatic N) is 3. The summed E-state index contributed by atoms with van der Waals surface area (Å²) < 4.78 is 1.84. The average molecular weight is 212 g/mol. The van der Waals surface area contributed by atoms with E-state index in [9.17, 15) is 0 Å². The van der Waals surface area contributed by atoms with Gasteiger partial charge in [-0.25, -0.2) is 4.98 Å². The molecule has 0 saturated heterocycles. The molecular formula is C12H12N4. The Morgan fingerprint density at radius 1 is 1.38 bits per heavy atom. The highest BCUT2D eigenvalue weighted by Crippen LogP contribution is 2.21. The molecule has 1 unspecified atom stereocenters. The Hall–Kier alpha value is -2.28. The van der Waals surface area contributed by atoms with Crippen LogP contribution >= 0.6 is 0 Å². The van der Waals surface area contributed by atoms with E-state index in [0.717, 1.165) is 17.1 Å². The first-order valence-corrected chi connectivity index (χ1v) is 5.00. The van der Waals surface area contributed by atoms with Crippen molar-refractivity contribution in [2.24, 2.45) is 0 Å². The fourth-order valence-electron chi connectivity index (χ4n) is 1.54. The first kappa shape index (κ1) is 10.2. The van der Waals surface area contributed by atoms with Gasteiger partial charge in [-0.1, -0.05) is 0 Å². The van der Waals surface area contributed by atoms with E-state index in [1.54, 1.807) is 12.4 Å². The molecule has 0 bridgehead atoms. The van der Waals surface area contributed by atoms with Crippen molar-refractivity contribution in [3.63, 3.8) is 0 Å². The molecule has 1 heterocycles. The standard InChI is InChI=1S/C12H12N4/c1-9(8-13)16-7-6-15-12(16)10-2-4-11(14)5-3-10/h2-7,9H,14H2,1H3. The molecule has 80 valence electrons. The van der Waals surface area contributed by atoms with Crippen LogP contribution in [0.3, 0.4) is 0 Å². The highest BCUT2D eigenvalue weighted by molar-refractivity contribution is 5.59. The number of nitrogen functional groups attached to an aromatic ring is 1. The minimum Gasteiger partial charge on any atom is -0.399 e. The number of anilines is 1. The maximum absolute atomic E-state index is 8.90. The van der Waals surface area contributed by atoms with Crippen molar-refractivity contribution < 1.29 is 0 Å². The van der Waals surface area contributed by atoms with E-state index < -0.39 is 0 Å². The zero-order valence-electron chi connectivity index (χ0n) is 8.96. The summed E-state index contributed by atoms with van der Waals surface area (Å²) in [5.74, 6) is 0.786. The van der Waals surface area contributed by atoms with Gasteiger partial charge in [0.15, 0.2) is 0 Å². The van der Waals surface area contributed by atoms with Gasteiger partial charge in [0.2, 0.25) is 0 Å². The average Bonchev–Trinajstić information content (AvgIpc) is 2.78. The molecule has 4 heteroatoms. The quantitative estimate of drug-likeness (QED) is 0.776. The summed E-state index contributed by atoms with van der Waals surface area (Å²) in [5.41, 5.74) is 7.30. The van der Waals surface area contributed by atoms with Crippen molar-refractivity contribution in [1.29, 1.82) is 5.26 Å². The van der Waals surface area contributed by atoms with Crippen LogP contribution < -0.4 is 5.73 Å². The van der Waals surface area contributed by atoms with Crippen molar-refractivity contribution in [3.8, 4) is 17.5 Å². The maximum atomic E-state index is 8.90. The lowest BCUT2D eigenvalue weighted by Crippen LogP contribution is -2.03. The molecule has 1 aromatic heterocycles. The summed E-state index contributed by atoms with van der Waals surface area (Å²) in [4.78, 5) is 4.26. The van der Waals surface area contributed by atoms with E-state index in [1.807, 2.05) is 35.8 Å². The summed E-state index contributed by atoms with van der Waals surface area (Å²) in [6.45, 7) is 1.84. The number of nitriles is 1. The van der Waals surface area contributed by atoms with Gasteiger partial charge in [-0.05, 0) is 31.2 Å². The molecule has 0 radical (unpaired) electrons. The summed E-state index contributed by atoms with van der Waals surface area (Å²) >= 11 is 0. The zero-order chi connectivity index (χ0) is 11.5. The van der Waals surface area contributed by atoms with Crippen LogP contribution in [0.15, 0.2) is 36.7 Å². The first-order valence-electron chi connectivity index (χ1n) is 5.00. The Bertz CT molecular complexity index is 519. The molecule has 0 aliphatic carbocycles. The van der Waals surface area contributed by atoms with Crippen LogP contribution in [0.5, 0.6) is 0 Å². The molecule has 4 nitrogen and oxygen atoms in total. The van der Waals surface area contributed by atoms with E-state index in [0.29, 0.717) is 0 Å². The maximum Gasteiger partial charge on any atom is 0.141 e. The Morgan fingerprint density at radius 2 is 2.06 bits per heavy atom. The molecule has 2 N–H and O–H groups in total. The molecule has 1 atom stereocenters. The van der Waals surface area contributed by atoms with Gasteiger partial charge in [0.25, 0.3) is 0 Å². The molecule has 1 aromatic carbocycles. The topological polar surface area (TPSA) is 67.6 Å². The highest BCUT2D eigenvalue weighted by atomic mass is 15.1. The lowest BCUT2D eigenvalue weighted by Gasteiger charge is -2.09. The van der Waals surface area contributed by atoms with Gasteiger partial charge in [0, 0.05) is 23.6 Å². The lowest BCUT2D eigenvalue weighted by molar-refractivity contribution is 0.680. The summed E-state index contributed by atoms with van der Waals surface area (Å²) in [7, 11) is 0. The molecular weight excluding hydrogens is 200 g/mol. The van der Waals surface area contributed by atoms with Gasteiger partial charge < -0.3 is 10.3 Å². The summed E-state index contributed by atoms with van der Waals surface area (Å²) in [6.07, 6.45) is 3.50. The number of hydrogen-bond donors (Lipinski definition) is 1. The summed E-state index contributed by atoms with van der Waals surface area (Å²) in [6, 6.07) is 9.41. The van der Waals surface area contributed by atoms with Gasteiger partial charge in [0.1, 0.15) is 11.9 Å². The number of imidazole rings is 1. The smallest absolute Gasteiger partial charge is 0.141 e. The minimum absolute atomic E-state index is 0.227. The van der Waals surface area contributed by atoms with Gasteiger partial charge in [-0.3, -0.25) is 0 Å². The molecule has 2 aromatic rings. The van der Waals surface area contributed by atoms with Crippen LogP contribution in [-0.2, 0) is 0 Å². The number of aromatic nitrogens is 2. The third-order valence-electron chi connectivity index (χ3n) is 2.44. The number of hydrogen-bond acceptors (Lipinski definition) is 3. The largest absolute Gasteiger partial charge is 0.399 e. The molecule has 0 aliphatic heterocycles. The van der Waals surface area contributed by atoms with E-state index in [4.69, 9.17) is 11.0 Å². The van der Waals surface area contributed by atoms with E-state index >= 15 is 0 Å². The third-order valence-corrected chi connectivity index (χ3v) is 2.44. The second-order valence-corrected chi connectivity index (χ2v) is 3.59. The van der Waals surface area contributed by atoms with Crippen molar-refractivity contribution >= 4 is 5.69 Å². The normalized spacial score (nSPS) is 12.0. The van der Waals surface area contributed by atoms with E-state index in [2.05, 4.69) is 11.1 Å². The fraction of sp³-hybridized carbons (Fsp3) is 0.167. The zero-order valence-corrected chi connectivity index (χ0v) is 8.96. The molecule has 0 aliphatic rings. The number of nitrogens with two attached hydrogens (primary N) is 1. The van der Waals surface area contributed by atoms with Gasteiger partial charge in [-0.2, -0.15) is 5.26 Å². The molecule has 0 spiro atoms. The predicted molar refractivity (Wildman–Crippen MR) is 62.4 cm³/mol. The molecule has 16 heavy (non-hydrogen) atoms. The van der Waals surface area contributed by atoms with Crippen LogP contribution in [0, 0.1) is 11.3 Å². The van der Waals surface area contributed by atoms with Crippen molar-refractivity contribution in [3.05, 3.63) is 36.7 Å². The molecule has 0 saturated carbocycles. The van der Waals surface area contributed by atoms with Crippen LogP contribution in [0.1, 0.15) is 13.0 Å². The van der Waals surface area contributed by atoms with Crippen molar-refractivity contribution in [2.75, 3.05) is 5.73 Å². The van der Waals surface area contributed by atoms with E-state index in [-0.39, 0.29) is 6.04 Å². The Labute approximate surface area is 94.0 Å². The second kappa shape index (κ2) is 4.07. The SMILES string of the molecule is CC(C#N)n1ccnc1-c1ccc(N)cc1. The molecule has 0 amide bonds. The third kappa shape index (κ3) is 1.75. The van der Waals surface area contributed by atoms with Crippen molar-refractivity contribution in [1.82, 2.24) is 9.55 Å². The Kier molecular flexibility index (Phi) is 2.61. The van der Waals surface area contributed by atoms with Crippen molar-refractivity contribution in [2.45, 2.75) is 13.0 Å². The second-order valence-electron chi connectivity index (χ2n) is 3.59. The number of rotatable bonds is 2. The minimum atomic E-state index is -0.227. The van der Waals surface area contributed by atoms with Crippen LogP contribution in [0.2, 0.25) is 0 Å². The molecule has 2 rings (SSSR count). The fourth-order valence-corrected chi connectivity index (χ4v) is 1.54. The Balaban J connectivity index is 2.45. The Morgan fingerprint density at radius 3 is 2.69 bits per heavy atom. The van der Waals surface area contributed by atoms with Crippen LogP contribution in [0.25, 0.3) is 11.4 Å². The summed E-state index contributed by atoms with van der Waals surface area (Å²) in [5, 5.41) is 8.90. The van der Waals surface area contributed by atoms with Gasteiger partial charge in [0.05, 0.1) is 6.07 Å². The van der Waals surface area contributed by atoms with Crippen LogP contribution in [-0.4, -0.2) is 9.55 Å². The van der Waals surface area contributed by atoms with E-state index in [1.165, 1.54) is 0 Å². The first-order chi connectivity index (χ1) is 7.72. The predicted octanol–water partition coefficient (Wildman–Crippen LogP) is 2.22. The lowest BCUT2D eigenvalue weighted by atomic mass is 10.2. The highest BCUT2D eigenvalue weighted by Gasteiger charge is 2.10. The van der Waals surface area contributed by atoms with Crippen LogP contribution in [0.4, 0.5) is 5.69 Å². The number of benzene rings is 1. The van der Waals surface area contributed by atoms with Gasteiger partial charge in [-0.15, -0.1) is 0 Å². The molecule has 0 fully saturated rings. The monoisotopic (exact) mass is 212 g/mol. The van der Waals surface area contributed by atoms with Gasteiger partial charge >= 0.3 is 0 Å².